The fraction of sp³-hybridized carbons (Fsp3) is 0.333. The lowest BCUT2D eigenvalue weighted by Gasteiger charge is -2.28. The Morgan fingerprint density at radius 3 is 2.21 bits per heavy atom. The quantitative estimate of drug-likeness (QED) is 0.785. The van der Waals surface area contributed by atoms with Crippen molar-refractivity contribution in [2.75, 3.05) is 13.1 Å². The van der Waals surface area contributed by atoms with E-state index in [0.717, 1.165) is 22.9 Å². The molecule has 0 radical (unpaired) electrons. The van der Waals surface area contributed by atoms with E-state index in [1.807, 2.05) is 18.2 Å². The van der Waals surface area contributed by atoms with Gasteiger partial charge in [0.1, 0.15) is 0 Å². The van der Waals surface area contributed by atoms with Crippen LogP contribution in [0.3, 0.4) is 0 Å². The van der Waals surface area contributed by atoms with Crippen LogP contribution in [0.4, 0.5) is 0 Å². The smallest absolute Gasteiger partial charge is 0.289 e. The minimum atomic E-state index is -0.380. The van der Waals surface area contributed by atoms with Crippen molar-refractivity contribution in [1.82, 2.24) is 4.90 Å². The van der Waals surface area contributed by atoms with Crippen molar-refractivity contribution in [3.05, 3.63) is 41.5 Å². The zero-order chi connectivity index (χ0) is 13.8. The SMILES string of the molecule is CC(=O)C(=O)N1CCC(=C(Br)c2ccccc2)CC1. The third-order valence-corrected chi connectivity index (χ3v) is 4.31. The van der Waals surface area contributed by atoms with Gasteiger partial charge in [-0.1, -0.05) is 51.8 Å². The lowest BCUT2D eigenvalue weighted by molar-refractivity contribution is -0.143. The van der Waals surface area contributed by atoms with Crippen LogP contribution in [-0.2, 0) is 9.59 Å². The number of hydrogen-bond acceptors (Lipinski definition) is 2. The highest BCUT2D eigenvalue weighted by Crippen LogP contribution is 2.31. The highest BCUT2D eigenvalue weighted by atomic mass is 79.9. The van der Waals surface area contributed by atoms with Crippen molar-refractivity contribution in [3.8, 4) is 0 Å². The number of piperidine rings is 1. The van der Waals surface area contributed by atoms with Crippen LogP contribution in [0.25, 0.3) is 4.48 Å². The molecular weight excluding hydrogens is 306 g/mol. The summed E-state index contributed by atoms with van der Waals surface area (Å²) in [4.78, 5) is 24.3. The van der Waals surface area contributed by atoms with E-state index in [9.17, 15) is 9.59 Å². The second kappa shape index (κ2) is 6.15. The van der Waals surface area contributed by atoms with Crippen LogP contribution in [0.1, 0.15) is 25.3 Å². The first-order valence-electron chi connectivity index (χ1n) is 6.32. The maximum atomic E-state index is 11.6. The van der Waals surface area contributed by atoms with Gasteiger partial charge < -0.3 is 4.90 Å². The summed E-state index contributed by atoms with van der Waals surface area (Å²) in [5, 5.41) is 0. The number of benzene rings is 1. The van der Waals surface area contributed by atoms with Gasteiger partial charge in [0.2, 0.25) is 5.78 Å². The van der Waals surface area contributed by atoms with E-state index in [-0.39, 0.29) is 11.7 Å². The van der Waals surface area contributed by atoms with Gasteiger partial charge in [-0.2, -0.15) is 0 Å². The number of hydrogen-bond donors (Lipinski definition) is 0. The average Bonchev–Trinajstić information content (AvgIpc) is 2.46. The van der Waals surface area contributed by atoms with Crippen LogP contribution in [0.15, 0.2) is 35.9 Å². The molecule has 1 fully saturated rings. The van der Waals surface area contributed by atoms with Gasteiger partial charge in [0.05, 0.1) is 0 Å². The summed E-state index contributed by atoms with van der Waals surface area (Å²) >= 11 is 3.64. The Balaban J connectivity index is 2.07. The van der Waals surface area contributed by atoms with Crippen molar-refractivity contribution >= 4 is 32.1 Å². The van der Waals surface area contributed by atoms with Crippen LogP contribution in [-0.4, -0.2) is 29.7 Å². The highest BCUT2D eigenvalue weighted by molar-refractivity contribution is 9.15. The Hall–Kier alpha value is -1.42. The Bertz CT molecular complexity index is 512. The fourth-order valence-corrected chi connectivity index (χ4v) is 2.87. The van der Waals surface area contributed by atoms with E-state index in [1.165, 1.54) is 12.5 Å². The second-order valence-corrected chi connectivity index (χ2v) is 5.42. The summed E-state index contributed by atoms with van der Waals surface area (Å²) in [6.07, 6.45) is 1.63. The first kappa shape index (κ1) is 14.0. The predicted molar refractivity (Wildman–Crippen MR) is 78.8 cm³/mol. The fourth-order valence-electron chi connectivity index (χ4n) is 2.21. The Morgan fingerprint density at radius 2 is 1.68 bits per heavy atom. The third kappa shape index (κ3) is 3.32. The molecule has 100 valence electrons. The molecule has 1 saturated heterocycles. The zero-order valence-electron chi connectivity index (χ0n) is 10.9. The molecule has 19 heavy (non-hydrogen) atoms. The molecule has 1 aliphatic heterocycles. The van der Waals surface area contributed by atoms with Crippen LogP contribution >= 0.6 is 15.9 Å². The van der Waals surface area contributed by atoms with Crippen molar-refractivity contribution in [2.24, 2.45) is 0 Å². The first-order valence-corrected chi connectivity index (χ1v) is 7.11. The van der Waals surface area contributed by atoms with Crippen molar-refractivity contribution < 1.29 is 9.59 Å². The summed E-state index contributed by atoms with van der Waals surface area (Å²) in [6, 6.07) is 10.1. The summed E-state index contributed by atoms with van der Waals surface area (Å²) in [5.74, 6) is -0.746. The first-order chi connectivity index (χ1) is 9.09. The maximum Gasteiger partial charge on any atom is 0.289 e. The summed E-state index contributed by atoms with van der Waals surface area (Å²) in [5.41, 5.74) is 2.46. The molecule has 0 N–H and O–H groups in total. The van der Waals surface area contributed by atoms with Gasteiger partial charge >= 0.3 is 0 Å². The Morgan fingerprint density at radius 1 is 1.11 bits per heavy atom. The van der Waals surface area contributed by atoms with Gasteiger partial charge in [-0.25, -0.2) is 0 Å². The van der Waals surface area contributed by atoms with E-state index in [2.05, 4.69) is 28.1 Å². The monoisotopic (exact) mass is 321 g/mol. The number of halogens is 1. The number of ketones is 1. The lowest BCUT2D eigenvalue weighted by Crippen LogP contribution is -2.39. The second-order valence-electron chi connectivity index (χ2n) is 4.63. The molecule has 2 rings (SSSR count). The van der Waals surface area contributed by atoms with Gasteiger partial charge in [0, 0.05) is 24.5 Å². The highest BCUT2D eigenvalue weighted by Gasteiger charge is 2.23. The van der Waals surface area contributed by atoms with Crippen LogP contribution in [0.2, 0.25) is 0 Å². The maximum absolute atomic E-state index is 11.6. The number of nitrogens with zero attached hydrogens (tertiary/aromatic N) is 1. The minimum Gasteiger partial charge on any atom is -0.335 e. The van der Waals surface area contributed by atoms with Crippen molar-refractivity contribution in [2.45, 2.75) is 19.8 Å². The molecule has 3 nitrogen and oxygen atoms in total. The molecule has 1 amide bonds. The van der Waals surface area contributed by atoms with E-state index < -0.39 is 0 Å². The number of carbonyl (C=O) groups excluding carboxylic acids is 2. The molecule has 0 atom stereocenters. The number of carbonyl (C=O) groups is 2. The van der Waals surface area contributed by atoms with Crippen LogP contribution < -0.4 is 0 Å². The molecule has 4 heteroatoms. The van der Waals surface area contributed by atoms with Gasteiger partial charge in [0.25, 0.3) is 5.91 Å². The van der Waals surface area contributed by atoms with Crippen molar-refractivity contribution in [1.29, 1.82) is 0 Å². The largest absolute Gasteiger partial charge is 0.335 e. The average molecular weight is 322 g/mol. The summed E-state index contributed by atoms with van der Waals surface area (Å²) in [7, 11) is 0. The lowest BCUT2D eigenvalue weighted by atomic mass is 10.0. The molecule has 0 aliphatic carbocycles. The minimum absolute atomic E-state index is 0.366. The molecule has 1 aromatic rings. The Labute approximate surface area is 121 Å². The molecule has 1 heterocycles. The predicted octanol–water partition coefficient (Wildman–Crippen LogP) is 3.00. The molecule has 0 aromatic heterocycles. The standard InChI is InChI=1S/C15H16BrNO2/c1-11(18)15(19)17-9-7-13(8-10-17)14(16)12-5-3-2-4-6-12/h2-6H,7-10H2,1H3. The number of rotatable bonds is 2. The van der Waals surface area contributed by atoms with Gasteiger partial charge in [-0.3, -0.25) is 9.59 Å². The normalized spacial score (nSPS) is 15.3. The van der Waals surface area contributed by atoms with E-state index >= 15 is 0 Å². The van der Waals surface area contributed by atoms with Gasteiger partial charge in [-0.15, -0.1) is 0 Å². The van der Waals surface area contributed by atoms with E-state index in [1.54, 1.807) is 4.90 Å². The number of Topliss-reactive ketones (excluding diaryl/α,β-unsaturated/α-hetero) is 1. The van der Waals surface area contributed by atoms with Gasteiger partial charge in [0.15, 0.2) is 0 Å². The summed E-state index contributed by atoms with van der Waals surface area (Å²) < 4.78 is 1.11. The van der Waals surface area contributed by atoms with Crippen molar-refractivity contribution in [3.63, 3.8) is 0 Å². The Kier molecular flexibility index (Phi) is 4.53. The molecule has 0 saturated carbocycles. The molecular formula is C15H16BrNO2. The van der Waals surface area contributed by atoms with Crippen LogP contribution in [0.5, 0.6) is 0 Å². The van der Waals surface area contributed by atoms with Crippen LogP contribution in [0, 0.1) is 0 Å². The molecule has 0 unspecified atom stereocenters. The number of amides is 1. The number of likely N-dealkylation sites (tertiary alicyclic amines) is 1. The zero-order valence-corrected chi connectivity index (χ0v) is 12.4. The van der Waals surface area contributed by atoms with E-state index in [4.69, 9.17) is 0 Å². The molecule has 0 spiro atoms. The topological polar surface area (TPSA) is 37.4 Å². The molecule has 1 aliphatic rings. The molecule has 1 aromatic carbocycles. The summed E-state index contributed by atoms with van der Waals surface area (Å²) in [6.45, 7) is 2.57. The van der Waals surface area contributed by atoms with E-state index in [0.29, 0.717) is 13.1 Å². The van der Waals surface area contributed by atoms with Gasteiger partial charge in [-0.05, 0) is 18.4 Å². The third-order valence-electron chi connectivity index (χ3n) is 3.29. The molecule has 0 bridgehead atoms.